The first-order valence-electron chi connectivity index (χ1n) is 2.99. The Hall–Kier alpha value is 0.660. The van der Waals surface area contributed by atoms with Crippen molar-refractivity contribution in [2.24, 2.45) is 0 Å². The first-order chi connectivity index (χ1) is 4.26. The van der Waals surface area contributed by atoms with Crippen LogP contribution in [0.1, 0.15) is 13.3 Å². The Morgan fingerprint density at radius 2 is 1.89 bits per heavy atom. The molecule has 2 unspecified atom stereocenters. The van der Waals surface area contributed by atoms with Crippen LogP contribution in [0.3, 0.4) is 0 Å². The molecular weight excluding hydrogens is 152 g/mol. The van der Waals surface area contributed by atoms with E-state index in [0.717, 1.165) is 6.42 Å². The Morgan fingerprint density at radius 1 is 1.33 bits per heavy atom. The van der Waals surface area contributed by atoms with Gasteiger partial charge in [0.05, 0.1) is 0 Å². The molecule has 0 aliphatic carbocycles. The highest BCUT2D eigenvalue weighted by atomic mass is 32.2. The molecule has 0 heterocycles. The molecule has 0 aromatic carbocycles. The van der Waals surface area contributed by atoms with Gasteiger partial charge in [0.2, 0.25) is 0 Å². The van der Waals surface area contributed by atoms with Crippen molar-refractivity contribution >= 4 is 23.5 Å². The zero-order chi connectivity index (χ0) is 7.28. The average molecular weight is 166 g/mol. The van der Waals surface area contributed by atoms with Gasteiger partial charge in [-0.15, -0.1) is 11.8 Å². The monoisotopic (exact) mass is 166 g/mol. The number of aliphatic hydroxyl groups excluding tert-OH is 1. The molecule has 0 aromatic heterocycles. The van der Waals surface area contributed by atoms with Gasteiger partial charge >= 0.3 is 0 Å². The Bertz CT molecular complexity index is 64.1. The maximum Gasteiger partial charge on any atom is 0.111 e. The van der Waals surface area contributed by atoms with Crippen LogP contribution >= 0.6 is 23.5 Å². The Balaban J connectivity index is 3.50. The second-order valence-corrected chi connectivity index (χ2v) is 3.84. The van der Waals surface area contributed by atoms with Crippen LogP contribution in [-0.2, 0) is 0 Å². The molecule has 0 amide bonds. The van der Waals surface area contributed by atoms with E-state index in [-0.39, 0.29) is 5.44 Å². The summed E-state index contributed by atoms with van der Waals surface area (Å²) < 4.78 is 0. The summed E-state index contributed by atoms with van der Waals surface area (Å²) in [5, 5.41) is 9.66. The fourth-order valence-corrected chi connectivity index (χ4v) is 2.37. The minimum Gasteiger partial charge on any atom is -0.381 e. The van der Waals surface area contributed by atoms with Gasteiger partial charge in [-0.2, -0.15) is 11.8 Å². The second-order valence-electron chi connectivity index (χ2n) is 1.81. The standard InChI is InChI=1S/C6H14OS2/c1-4-5(8-2)6(7)9-3/h5-7H,4H2,1-3H3. The number of hydrogen-bond acceptors (Lipinski definition) is 3. The van der Waals surface area contributed by atoms with E-state index in [1.54, 1.807) is 11.8 Å². The Labute approximate surface area is 65.6 Å². The Kier molecular flexibility index (Phi) is 5.84. The average Bonchev–Trinajstić information content (AvgIpc) is 1.90. The summed E-state index contributed by atoms with van der Waals surface area (Å²) >= 11 is 3.25. The van der Waals surface area contributed by atoms with Crippen molar-refractivity contribution in [3.63, 3.8) is 0 Å². The molecule has 0 radical (unpaired) electrons. The third-order valence-electron chi connectivity index (χ3n) is 1.26. The number of hydrogen-bond donors (Lipinski definition) is 1. The van der Waals surface area contributed by atoms with Crippen LogP contribution in [-0.4, -0.2) is 28.3 Å². The van der Waals surface area contributed by atoms with E-state index in [0.29, 0.717) is 5.25 Å². The van der Waals surface area contributed by atoms with E-state index in [2.05, 4.69) is 6.92 Å². The molecule has 0 aliphatic heterocycles. The summed E-state index contributed by atoms with van der Waals surface area (Å²) in [6.07, 6.45) is 5.01. The van der Waals surface area contributed by atoms with Crippen molar-refractivity contribution in [1.29, 1.82) is 0 Å². The number of thioether (sulfide) groups is 2. The summed E-state index contributed by atoms with van der Waals surface area (Å²) in [7, 11) is 0. The van der Waals surface area contributed by atoms with Gasteiger partial charge in [-0.25, -0.2) is 0 Å². The molecule has 0 fully saturated rings. The zero-order valence-corrected chi connectivity index (χ0v) is 7.76. The second kappa shape index (κ2) is 5.45. The van der Waals surface area contributed by atoms with E-state index in [9.17, 15) is 5.11 Å². The molecular formula is C6H14OS2. The van der Waals surface area contributed by atoms with E-state index in [1.165, 1.54) is 11.8 Å². The van der Waals surface area contributed by atoms with Crippen molar-refractivity contribution in [3.8, 4) is 0 Å². The smallest absolute Gasteiger partial charge is 0.111 e. The predicted octanol–water partition coefficient (Wildman–Crippen LogP) is 1.81. The first-order valence-corrected chi connectivity index (χ1v) is 5.57. The van der Waals surface area contributed by atoms with Crippen molar-refractivity contribution < 1.29 is 5.11 Å². The van der Waals surface area contributed by atoms with E-state index in [4.69, 9.17) is 0 Å². The summed E-state index contributed by atoms with van der Waals surface area (Å²) in [6, 6.07) is 0. The number of rotatable bonds is 4. The van der Waals surface area contributed by atoms with Crippen LogP contribution in [0.2, 0.25) is 0 Å². The molecule has 0 saturated heterocycles. The largest absolute Gasteiger partial charge is 0.381 e. The lowest BCUT2D eigenvalue weighted by molar-refractivity contribution is 0.258. The van der Waals surface area contributed by atoms with Crippen LogP contribution in [0.25, 0.3) is 0 Å². The van der Waals surface area contributed by atoms with Crippen molar-refractivity contribution in [3.05, 3.63) is 0 Å². The lowest BCUT2D eigenvalue weighted by Gasteiger charge is -2.16. The van der Waals surface area contributed by atoms with Crippen molar-refractivity contribution in [2.45, 2.75) is 24.0 Å². The third-order valence-corrected chi connectivity index (χ3v) is 3.45. The highest BCUT2D eigenvalue weighted by Crippen LogP contribution is 2.21. The Morgan fingerprint density at radius 3 is 2.00 bits per heavy atom. The quantitative estimate of drug-likeness (QED) is 0.643. The van der Waals surface area contributed by atoms with E-state index < -0.39 is 0 Å². The van der Waals surface area contributed by atoms with Crippen molar-refractivity contribution in [1.82, 2.24) is 0 Å². The molecule has 2 atom stereocenters. The predicted molar refractivity (Wildman–Crippen MR) is 47.1 cm³/mol. The van der Waals surface area contributed by atoms with Gasteiger partial charge in [0.25, 0.3) is 0 Å². The van der Waals surface area contributed by atoms with E-state index in [1.807, 2.05) is 12.5 Å². The van der Waals surface area contributed by atoms with E-state index >= 15 is 0 Å². The van der Waals surface area contributed by atoms with Crippen LogP contribution in [0, 0.1) is 0 Å². The fourth-order valence-electron chi connectivity index (χ4n) is 0.636. The molecule has 1 N–H and O–H groups in total. The van der Waals surface area contributed by atoms with Gasteiger partial charge < -0.3 is 5.11 Å². The molecule has 0 bridgehead atoms. The van der Waals surface area contributed by atoms with Crippen LogP contribution in [0.5, 0.6) is 0 Å². The molecule has 0 spiro atoms. The third kappa shape index (κ3) is 3.38. The molecule has 9 heavy (non-hydrogen) atoms. The maximum absolute atomic E-state index is 9.26. The molecule has 0 aliphatic rings. The van der Waals surface area contributed by atoms with Gasteiger partial charge in [0, 0.05) is 5.25 Å². The van der Waals surface area contributed by atoms with Crippen LogP contribution in [0.4, 0.5) is 0 Å². The first kappa shape index (κ1) is 9.66. The minimum absolute atomic E-state index is 0.190. The lowest BCUT2D eigenvalue weighted by atomic mass is 10.3. The molecule has 1 nitrogen and oxygen atoms in total. The molecule has 0 saturated carbocycles. The van der Waals surface area contributed by atoms with Crippen molar-refractivity contribution in [2.75, 3.05) is 12.5 Å². The number of aliphatic hydroxyl groups is 1. The van der Waals surface area contributed by atoms with Crippen LogP contribution < -0.4 is 0 Å². The normalized spacial score (nSPS) is 17.3. The fraction of sp³-hybridized carbons (Fsp3) is 1.00. The molecule has 56 valence electrons. The molecule has 0 aromatic rings. The SMILES string of the molecule is CCC(SC)C(O)SC. The summed E-state index contributed by atoms with van der Waals surface area (Å²) in [4.78, 5) is 0. The minimum atomic E-state index is -0.190. The zero-order valence-electron chi connectivity index (χ0n) is 6.13. The maximum atomic E-state index is 9.26. The van der Waals surface area contributed by atoms with Gasteiger partial charge in [-0.05, 0) is 18.9 Å². The van der Waals surface area contributed by atoms with Gasteiger partial charge in [-0.3, -0.25) is 0 Å². The highest BCUT2D eigenvalue weighted by molar-refractivity contribution is 8.03. The van der Waals surface area contributed by atoms with Crippen LogP contribution in [0.15, 0.2) is 0 Å². The van der Waals surface area contributed by atoms with Gasteiger partial charge in [0.1, 0.15) is 5.44 Å². The highest BCUT2D eigenvalue weighted by Gasteiger charge is 2.13. The summed E-state index contributed by atoms with van der Waals surface area (Å²) in [5.74, 6) is 0. The molecule has 0 rings (SSSR count). The summed E-state index contributed by atoms with van der Waals surface area (Å²) in [6.45, 7) is 2.10. The topological polar surface area (TPSA) is 20.2 Å². The van der Waals surface area contributed by atoms with Gasteiger partial charge in [0.15, 0.2) is 0 Å². The lowest BCUT2D eigenvalue weighted by Crippen LogP contribution is -2.17. The molecule has 3 heteroatoms. The summed E-state index contributed by atoms with van der Waals surface area (Å²) in [5.41, 5.74) is -0.190. The van der Waals surface area contributed by atoms with Gasteiger partial charge in [-0.1, -0.05) is 6.92 Å².